The number of fused-ring (bicyclic) bond motifs is 1. The average Bonchev–Trinajstić information content (AvgIpc) is 2.53. The molecule has 0 fully saturated rings. The third kappa shape index (κ3) is 2.41. The molecule has 2 aromatic carbocycles. The van der Waals surface area contributed by atoms with Crippen LogP contribution in [0.4, 0.5) is 5.69 Å². The lowest BCUT2D eigenvalue weighted by atomic mass is 10.1. The zero-order chi connectivity index (χ0) is 14.8. The number of aromatic nitrogens is 2. The zero-order valence-electron chi connectivity index (χ0n) is 11.4. The van der Waals surface area contributed by atoms with Crippen molar-refractivity contribution in [3.63, 3.8) is 0 Å². The summed E-state index contributed by atoms with van der Waals surface area (Å²) in [6.07, 6.45) is 3.17. The van der Waals surface area contributed by atoms with Gasteiger partial charge in [0, 0.05) is 25.1 Å². The molecule has 21 heavy (non-hydrogen) atoms. The second kappa shape index (κ2) is 5.20. The van der Waals surface area contributed by atoms with Crippen LogP contribution in [0.1, 0.15) is 10.4 Å². The highest BCUT2D eigenvalue weighted by atomic mass is 16.3. The second-order valence-corrected chi connectivity index (χ2v) is 4.61. The molecule has 0 radical (unpaired) electrons. The Bertz CT molecular complexity index is 795. The predicted octanol–water partition coefficient (Wildman–Crippen LogP) is 2.61. The van der Waals surface area contributed by atoms with E-state index in [1.54, 1.807) is 55.8 Å². The normalized spacial score (nSPS) is 10.5. The minimum atomic E-state index is -0.174. The predicted molar refractivity (Wildman–Crippen MR) is 80.4 cm³/mol. The Morgan fingerprint density at radius 3 is 2.52 bits per heavy atom. The van der Waals surface area contributed by atoms with E-state index in [-0.39, 0.29) is 11.7 Å². The monoisotopic (exact) mass is 279 g/mol. The molecule has 5 heteroatoms. The highest BCUT2D eigenvalue weighted by molar-refractivity contribution is 6.12. The van der Waals surface area contributed by atoms with Crippen molar-refractivity contribution in [2.24, 2.45) is 0 Å². The van der Waals surface area contributed by atoms with Crippen LogP contribution in [0, 0.1) is 0 Å². The Morgan fingerprint density at radius 2 is 1.76 bits per heavy atom. The molecule has 0 atom stereocenters. The number of rotatable bonds is 2. The number of anilines is 1. The Labute approximate surface area is 121 Å². The molecule has 0 spiro atoms. The second-order valence-electron chi connectivity index (χ2n) is 4.61. The SMILES string of the molecule is CN(C(=O)c1cccc2nccnc12)c1ccc(O)cc1. The molecule has 0 unspecified atom stereocenters. The highest BCUT2D eigenvalue weighted by Gasteiger charge is 2.17. The van der Waals surface area contributed by atoms with E-state index in [9.17, 15) is 9.90 Å². The number of nitrogens with zero attached hydrogens (tertiary/aromatic N) is 3. The van der Waals surface area contributed by atoms with Gasteiger partial charge in [-0.25, -0.2) is 0 Å². The summed E-state index contributed by atoms with van der Waals surface area (Å²) in [5.74, 6) is -0.0117. The lowest BCUT2D eigenvalue weighted by Gasteiger charge is -2.18. The Hall–Kier alpha value is -2.95. The maximum Gasteiger partial charge on any atom is 0.260 e. The number of hydrogen-bond donors (Lipinski definition) is 1. The van der Waals surface area contributed by atoms with Crippen molar-refractivity contribution < 1.29 is 9.90 Å². The first kappa shape index (κ1) is 13.1. The van der Waals surface area contributed by atoms with E-state index in [0.29, 0.717) is 22.3 Å². The van der Waals surface area contributed by atoms with E-state index in [1.807, 2.05) is 6.07 Å². The van der Waals surface area contributed by atoms with Crippen molar-refractivity contribution in [2.75, 3.05) is 11.9 Å². The molecule has 3 aromatic rings. The highest BCUT2D eigenvalue weighted by Crippen LogP contribution is 2.21. The molecular formula is C16H13N3O2. The summed E-state index contributed by atoms with van der Waals surface area (Å²) in [5.41, 5.74) is 2.45. The molecule has 1 aromatic heterocycles. The van der Waals surface area contributed by atoms with E-state index in [1.165, 1.54) is 4.90 Å². The van der Waals surface area contributed by atoms with Crippen molar-refractivity contribution in [1.82, 2.24) is 9.97 Å². The zero-order valence-corrected chi connectivity index (χ0v) is 11.4. The quantitative estimate of drug-likeness (QED) is 0.783. The number of amides is 1. The molecular weight excluding hydrogens is 266 g/mol. The van der Waals surface area contributed by atoms with Gasteiger partial charge in [0.1, 0.15) is 11.3 Å². The molecule has 1 amide bonds. The number of para-hydroxylation sites is 1. The Kier molecular flexibility index (Phi) is 3.23. The number of phenols is 1. The maximum absolute atomic E-state index is 12.6. The number of carbonyl (C=O) groups excluding carboxylic acids is 1. The number of aromatic hydroxyl groups is 1. The van der Waals surface area contributed by atoms with Crippen molar-refractivity contribution in [2.45, 2.75) is 0 Å². The number of hydrogen-bond acceptors (Lipinski definition) is 4. The maximum atomic E-state index is 12.6. The van der Waals surface area contributed by atoms with E-state index >= 15 is 0 Å². The topological polar surface area (TPSA) is 66.3 Å². The van der Waals surface area contributed by atoms with Gasteiger partial charge in [0.2, 0.25) is 0 Å². The summed E-state index contributed by atoms with van der Waals surface area (Å²) in [4.78, 5) is 22.6. The van der Waals surface area contributed by atoms with Gasteiger partial charge in [0.05, 0.1) is 11.1 Å². The van der Waals surface area contributed by atoms with Crippen molar-refractivity contribution >= 4 is 22.6 Å². The van der Waals surface area contributed by atoms with Gasteiger partial charge in [-0.1, -0.05) is 6.07 Å². The molecule has 3 rings (SSSR count). The summed E-state index contributed by atoms with van der Waals surface area (Å²) in [7, 11) is 1.68. The molecule has 0 saturated carbocycles. The molecule has 104 valence electrons. The first-order valence-corrected chi connectivity index (χ1v) is 6.43. The lowest BCUT2D eigenvalue weighted by Crippen LogP contribution is -2.26. The summed E-state index contributed by atoms with van der Waals surface area (Å²) in [6.45, 7) is 0. The van der Waals surface area contributed by atoms with Gasteiger partial charge in [-0.15, -0.1) is 0 Å². The molecule has 1 heterocycles. The van der Waals surface area contributed by atoms with Crippen LogP contribution in [0.3, 0.4) is 0 Å². The van der Waals surface area contributed by atoms with Gasteiger partial charge in [-0.05, 0) is 36.4 Å². The van der Waals surface area contributed by atoms with Crippen LogP contribution in [-0.2, 0) is 0 Å². The van der Waals surface area contributed by atoms with Crippen molar-refractivity contribution in [3.8, 4) is 5.75 Å². The average molecular weight is 279 g/mol. The summed E-state index contributed by atoms with van der Waals surface area (Å²) in [6, 6.07) is 11.8. The van der Waals surface area contributed by atoms with Crippen LogP contribution >= 0.6 is 0 Å². The first-order valence-electron chi connectivity index (χ1n) is 6.43. The smallest absolute Gasteiger partial charge is 0.260 e. The largest absolute Gasteiger partial charge is 0.508 e. The first-order chi connectivity index (χ1) is 10.2. The lowest BCUT2D eigenvalue weighted by molar-refractivity contribution is 0.0994. The van der Waals surface area contributed by atoms with Gasteiger partial charge >= 0.3 is 0 Å². The fourth-order valence-electron chi connectivity index (χ4n) is 2.14. The van der Waals surface area contributed by atoms with E-state index < -0.39 is 0 Å². The molecule has 0 bridgehead atoms. The standard InChI is InChI=1S/C16H13N3O2/c1-19(11-5-7-12(20)8-6-11)16(21)13-3-2-4-14-15(13)18-10-9-17-14/h2-10,20H,1H3. The van der Waals surface area contributed by atoms with Crippen LogP contribution in [0.25, 0.3) is 11.0 Å². The number of benzene rings is 2. The van der Waals surface area contributed by atoms with Crippen LogP contribution in [0.15, 0.2) is 54.9 Å². The van der Waals surface area contributed by atoms with Gasteiger partial charge < -0.3 is 10.0 Å². The fraction of sp³-hybridized carbons (Fsp3) is 0.0625. The molecule has 1 N–H and O–H groups in total. The molecule has 0 saturated heterocycles. The van der Waals surface area contributed by atoms with E-state index in [0.717, 1.165) is 0 Å². The summed E-state index contributed by atoms with van der Waals surface area (Å²) < 4.78 is 0. The van der Waals surface area contributed by atoms with E-state index in [4.69, 9.17) is 0 Å². The number of carbonyl (C=O) groups is 1. The Balaban J connectivity index is 2.02. The molecule has 0 aliphatic heterocycles. The summed E-state index contributed by atoms with van der Waals surface area (Å²) in [5, 5.41) is 9.31. The third-order valence-corrected chi connectivity index (χ3v) is 3.27. The van der Waals surface area contributed by atoms with Crippen LogP contribution < -0.4 is 4.90 Å². The third-order valence-electron chi connectivity index (χ3n) is 3.27. The van der Waals surface area contributed by atoms with Gasteiger partial charge in [0.15, 0.2) is 0 Å². The summed E-state index contributed by atoms with van der Waals surface area (Å²) >= 11 is 0. The van der Waals surface area contributed by atoms with Gasteiger partial charge in [0.25, 0.3) is 5.91 Å². The number of phenolic OH excluding ortho intramolecular Hbond substituents is 1. The van der Waals surface area contributed by atoms with Crippen LogP contribution in [-0.4, -0.2) is 28.0 Å². The minimum Gasteiger partial charge on any atom is -0.508 e. The van der Waals surface area contributed by atoms with Crippen LogP contribution in [0.2, 0.25) is 0 Å². The molecule has 0 aliphatic carbocycles. The Morgan fingerprint density at radius 1 is 1.05 bits per heavy atom. The van der Waals surface area contributed by atoms with Crippen LogP contribution in [0.5, 0.6) is 5.75 Å². The molecule has 5 nitrogen and oxygen atoms in total. The van der Waals surface area contributed by atoms with Crippen molar-refractivity contribution in [3.05, 3.63) is 60.4 Å². The molecule has 0 aliphatic rings. The van der Waals surface area contributed by atoms with E-state index in [2.05, 4.69) is 9.97 Å². The minimum absolute atomic E-state index is 0.163. The fourth-order valence-corrected chi connectivity index (χ4v) is 2.14. The van der Waals surface area contributed by atoms with Gasteiger partial charge in [-0.3, -0.25) is 14.8 Å². The van der Waals surface area contributed by atoms with Crippen molar-refractivity contribution in [1.29, 1.82) is 0 Å². The van der Waals surface area contributed by atoms with Gasteiger partial charge in [-0.2, -0.15) is 0 Å².